The van der Waals surface area contributed by atoms with E-state index in [2.05, 4.69) is 5.32 Å². The second kappa shape index (κ2) is 7.04. The van der Waals surface area contributed by atoms with Crippen molar-refractivity contribution in [1.29, 1.82) is 0 Å². The number of benzene rings is 2. The fraction of sp³-hybridized carbons (Fsp3) is 0.222. The number of hydrogen-bond acceptors (Lipinski definition) is 4. The zero-order valence-corrected chi connectivity index (χ0v) is 13.0. The molecule has 0 saturated carbocycles. The monoisotopic (exact) mass is 327 g/mol. The molecule has 0 bridgehead atoms. The summed E-state index contributed by atoms with van der Waals surface area (Å²) in [6.45, 7) is 0.579. The highest BCUT2D eigenvalue weighted by Crippen LogP contribution is 2.35. The molecule has 0 spiro atoms. The topological polar surface area (TPSA) is 84.9 Å². The van der Waals surface area contributed by atoms with E-state index in [0.717, 1.165) is 11.1 Å². The molecule has 1 heterocycles. The summed E-state index contributed by atoms with van der Waals surface area (Å²) in [6.07, 6.45) is 0.886. The lowest BCUT2D eigenvalue weighted by atomic mass is 10.1. The Hall–Kier alpha value is -3.02. The van der Waals surface area contributed by atoms with Crippen LogP contribution < -0.4 is 14.8 Å². The van der Waals surface area contributed by atoms with Gasteiger partial charge in [-0.3, -0.25) is 4.79 Å². The predicted molar refractivity (Wildman–Crippen MR) is 86.1 cm³/mol. The molecule has 0 unspecified atom stereocenters. The number of carbonyl (C=O) groups excluding carboxylic acids is 1. The highest BCUT2D eigenvalue weighted by atomic mass is 16.7. The van der Waals surface area contributed by atoms with Gasteiger partial charge in [-0.15, -0.1) is 0 Å². The van der Waals surface area contributed by atoms with Gasteiger partial charge in [0, 0.05) is 18.5 Å². The van der Waals surface area contributed by atoms with Gasteiger partial charge in [0.1, 0.15) is 0 Å². The number of nitrogens with one attached hydrogen (secondary N) is 1. The number of carbonyl (C=O) groups is 2. The minimum absolute atomic E-state index is 0.0752. The van der Waals surface area contributed by atoms with Gasteiger partial charge in [-0.2, -0.15) is 0 Å². The van der Waals surface area contributed by atoms with Gasteiger partial charge in [0.2, 0.25) is 12.7 Å². The van der Waals surface area contributed by atoms with E-state index < -0.39 is 5.97 Å². The maximum absolute atomic E-state index is 12.0. The van der Waals surface area contributed by atoms with Gasteiger partial charge in [-0.1, -0.05) is 24.3 Å². The quantitative estimate of drug-likeness (QED) is 0.851. The third-order valence-corrected chi connectivity index (χ3v) is 3.80. The summed E-state index contributed by atoms with van der Waals surface area (Å²) >= 11 is 0. The fourth-order valence-electron chi connectivity index (χ4n) is 2.48. The second-order valence-corrected chi connectivity index (χ2v) is 5.43. The number of amides is 1. The summed E-state index contributed by atoms with van der Waals surface area (Å²) in [6, 6.07) is 12.1. The minimum Gasteiger partial charge on any atom is -0.478 e. The molecule has 0 aromatic heterocycles. The minimum atomic E-state index is -0.958. The van der Waals surface area contributed by atoms with Crippen molar-refractivity contribution in [2.24, 2.45) is 0 Å². The summed E-state index contributed by atoms with van der Waals surface area (Å²) in [7, 11) is 0. The molecule has 1 aliphatic heterocycles. The highest BCUT2D eigenvalue weighted by Gasteiger charge is 2.17. The van der Waals surface area contributed by atoms with Crippen molar-refractivity contribution >= 4 is 11.9 Å². The van der Waals surface area contributed by atoms with Crippen LogP contribution in [0.15, 0.2) is 42.5 Å². The van der Waals surface area contributed by atoms with Crippen LogP contribution in [0.3, 0.4) is 0 Å². The van der Waals surface area contributed by atoms with Crippen LogP contribution in [0, 0.1) is 0 Å². The average Bonchev–Trinajstić information content (AvgIpc) is 3.07. The number of aromatic carboxylic acids is 1. The molecule has 24 heavy (non-hydrogen) atoms. The molecule has 2 N–H and O–H groups in total. The van der Waals surface area contributed by atoms with Crippen LogP contribution in [-0.4, -0.2) is 23.8 Å². The van der Waals surface area contributed by atoms with Crippen molar-refractivity contribution in [2.75, 3.05) is 6.79 Å². The number of ether oxygens (including phenoxy) is 2. The van der Waals surface area contributed by atoms with Crippen molar-refractivity contribution in [2.45, 2.75) is 19.4 Å². The van der Waals surface area contributed by atoms with Crippen LogP contribution in [0.2, 0.25) is 0 Å². The number of rotatable bonds is 6. The number of carboxylic acids is 1. The largest absolute Gasteiger partial charge is 0.478 e. The SMILES string of the molecule is O=C(CCc1ccc(C(=O)O)cc1)NCc1cccc2c1OCO2. The molecule has 6 heteroatoms. The first kappa shape index (κ1) is 15.9. The van der Waals surface area contributed by atoms with Gasteiger partial charge in [0.25, 0.3) is 0 Å². The smallest absolute Gasteiger partial charge is 0.335 e. The Morgan fingerprint density at radius 2 is 1.88 bits per heavy atom. The van der Waals surface area contributed by atoms with Crippen molar-refractivity contribution in [3.63, 3.8) is 0 Å². The van der Waals surface area contributed by atoms with E-state index in [1.54, 1.807) is 24.3 Å². The first-order valence-corrected chi connectivity index (χ1v) is 7.60. The number of para-hydroxylation sites is 1. The van der Waals surface area contributed by atoms with Gasteiger partial charge in [-0.25, -0.2) is 4.79 Å². The van der Waals surface area contributed by atoms with Crippen LogP contribution in [-0.2, 0) is 17.8 Å². The molecule has 2 aromatic carbocycles. The van der Waals surface area contributed by atoms with E-state index in [1.807, 2.05) is 18.2 Å². The summed E-state index contributed by atoms with van der Waals surface area (Å²) in [5.74, 6) is 0.344. The van der Waals surface area contributed by atoms with Crippen LogP contribution in [0.1, 0.15) is 27.9 Å². The Balaban J connectivity index is 1.50. The standard InChI is InChI=1S/C18H17NO5/c20-16(9-6-12-4-7-13(8-5-12)18(21)22)19-10-14-2-1-3-15-17(14)24-11-23-15/h1-5,7-8H,6,9-11H2,(H,19,20)(H,21,22). The lowest BCUT2D eigenvalue weighted by molar-refractivity contribution is -0.121. The molecule has 3 rings (SSSR count). The lowest BCUT2D eigenvalue weighted by Crippen LogP contribution is -2.23. The summed E-state index contributed by atoms with van der Waals surface area (Å²) < 4.78 is 10.7. The average molecular weight is 327 g/mol. The number of aryl methyl sites for hydroxylation is 1. The molecule has 2 aromatic rings. The molecule has 1 amide bonds. The van der Waals surface area contributed by atoms with Crippen molar-refractivity contribution < 1.29 is 24.2 Å². The van der Waals surface area contributed by atoms with E-state index in [4.69, 9.17) is 14.6 Å². The van der Waals surface area contributed by atoms with Gasteiger partial charge < -0.3 is 19.9 Å². The highest BCUT2D eigenvalue weighted by molar-refractivity contribution is 5.87. The van der Waals surface area contributed by atoms with Gasteiger partial charge in [-0.05, 0) is 30.2 Å². The third-order valence-electron chi connectivity index (χ3n) is 3.80. The number of fused-ring (bicyclic) bond motifs is 1. The fourth-order valence-corrected chi connectivity index (χ4v) is 2.48. The summed E-state index contributed by atoms with van der Waals surface area (Å²) in [5.41, 5.74) is 2.04. The van der Waals surface area contributed by atoms with E-state index in [1.165, 1.54) is 0 Å². The van der Waals surface area contributed by atoms with Crippen LogP contribution in [0.5, 0.6) is 11.5 Å². The summed E-state index contributed by atoms with van der Waals surface area (Å²) in [5, 5.41) is 11.7. The number of carboxylic acid groups (broad SMARTS) is 1. The third kappa shape index (κ3) is 3.65. The molecule has 0 fully saturated rings. The Bertz CT molecular complexity index is 755. The van der Waals surface area contributed by atoms with E-state index in [9.17, 15) is 9.59 Å². The normalized spacial score (nSPS) is 12.0. The molecule has 0 atom stereocenters. The zero-order chi connectivity index (χ0) is 16.9. The lowest BCUT2D eigenvalue weighted by Gasteiger charge is -2.08. The Morgan fingerprint density at radius 1 is 1.08 bits per heavy atom. The van der Waals surface area contributed by atoms with Crippen molar-refractivity contribution in [3.8, 4) is 11.5 Å². The molecule has 6 nitrogen and oxygen atoms in total. The van der Waals surface area contributed by atoms with Gasteiger partial charge in [0.15, 0.2) is 11.5 Å². The molecule has 0 aliphatic carbocycles. The van der Waals surface area contributed by atoms with E-state index >= 15 is 0 Å². The second-order valence-electron chi connectivity index (χ2n) is 5.43. The van der Waals surface area contributed by atoms with Crippen molar-refractivity contribution in [3.05, 3.63) is 59.2 Å². The maximum atomic E-state index is 12.0. The van der Waals surface area contributed by atoms with Crippen LogP contribution in [0.25, 0.3) is 0 Å². The Labute approximate surface area is 139 Å². The zero-order valence-electron chi connectivity index (χ0n) is 13.0. The van der Waals surface area contributed by atoms with E-state index in [-0.39, 0.29) is 18.3 Å². The molecule has 0 saturated heterocycles. The van der Waals surface area contributed by atoms with Crippen LogP contribution in [0.4, 0.5) is 0 Å². The van der Waals surface area contributed by atoms with E-state index in [0.29, 0.717) is 30.9 Å². The Kier molecular flexibility index (Phi) is 4.65. The number of hydrogen-bond donors (Lipinski definition) is 2. The molecular formula is C18H17NO5. The molecule has 1 aliphatic rings. The molecule has 124 valence electrons. The Morgan fingerprint density at radius 3 is 2.62 bits per heavy atom. The van der Waals surface area contributed by atoms with Crippen LogP contribution >= 0.6 is 0 Å². The van der Waals surface area contributed by atoms with Gasteiger partial charge in [0.05, 0.1) is 5.56 Å². The molecule has 0 radical (unpaired) electrons. The molecular weight excluding hydrogens is 310 g/mol. The first-order valence-electron chi connectivity index (χ1n) is 7.60. The first-order chi connectivity index (χ1) is 11.6. The van der Waals surface area contributed by atoms with Crippen molar-refractivity contribution in [1.82, 2.24) is 5.32 Å². The van der Waals surface area contributed by atoms with Gasteiger partial charge >= 0.3 is 5.97 Å². The summed E-state index contributed by atoms with van der Waals surface area (Å²) in [4.78, 5) is 22.8. The predicted octanol–water partition coefficient (Wildman–Crippen LogP) is 2.36. The maximum Gasteiger partial charge on any atom is 0.335 e.